The SMILES string of the molecule is COc1ccc(-c2n[nH]c(=S)n2/N=C\c2cccc(Cl)c2)cc1OC. The lowest BCUT2D eigenvalue weighted by molar-refractivity contribution is 0.355. The molecule has 0 aliphatic heterocycles. The van der Waals surface area contributed by atoms with Crippen LogP contribution in [-0.4, -0.2) is 35.3 Å². The van der Waals surface area contributed by atoms with Crippen LogP contribution in [0.25, 0.3) is 11.4 Å². The first kappa shape index (κ1) is 17.2. The standard InChI is InChI=1S/C17H15ClN4O2S/c1-23-14-7-6-12(9-15(14)24-2)16-20-21-17(25)22(16)19-10-11-4-3-5-13(18)8-11/h3-10H,1-2H3,(H,21,25)/b19-10-. The number of hydrogen-bond acceptors (Lipinski definition) is 5. The van der Waals surface area contributed by atoms with Gasteiger partial charge in [0.1, 0.15) is 0 Å². The van der Waals surface area contributed by atoms with Gasteiger partial charge in [0.15, 0.2) is 17.3 Å². The number of hydrogen-bond donors (Lipinski definition) is 1. The maximum absolute atomic E-state index is 5.99. The summed E-state index contributed by atoms with van der Waals surface area (Å²) in [5.41, 5.74) is 1.64. The fourth-order valence-electron chi connectivity index (χ4n) is 2.27. The van der Waals surface area contributed by atoms with Gasteiger partial charge in [-0.3, -0.25) is 0 Å². The first-order valence-corrected chi connectivity index (χ1v) is 8.10. The van der Waals surface area contributed by atoms with E-state index in [9.17, 15) is 0 Å². The molecular formula is C17H15ClN4O2S. The monoisotopic (exact) mass is 374 g/mol. The van der Waals surface area contributed by atoms with Gasteiger partial charge in [-0.05, 0) is 48.1 Å². The number of benzene rings is 2. The molecule has 0 bridgehead atoms. The van der Waals surface area contributed by atoms with Crippen LogP contribution in [-0.2, 0) is 0 Å². The number of nitrogens with one attached hydrogen (secondary N) is 1. The Balaban J connectivity index is 2.01. The molecule has 0 saturated carbocycles. The molecule has 0 unspecified atom stereocenters. The normalized spacial score (nSPS) is 11.0. The predicted molar refractivity (Wildman–Crippen MR) is 100 cm³/mol. The van der Waals surface area contributed by atoms with Gasteiger partial charge in [-0.1, -0.05) is 23.7 Å². The average molecular weight is 375 g/mol. The highest BCUT2D eigenvalue weighted by molar-refractivity contribution is 7.71. The van der Waals surface area contributed by atoms with Gasteiger partial charge in [-0.15, -0.1) is 0 Å². The molecule has 1 heterocycles. The Hall–Kier alpha value is -2.64. The molecule has 0 fully saturated rings. The van der Waals surface area contributed by atoms with Gasteiger partial charge in [0, 0.05) is 10.6 Å². The van der Waals surface area contributed by atoms with Gasteiger partial charge in [0.25, 0.3) is 0 Å². The molecule has 3 rings (SSSR count). The molecule has 0 spiro atoms. The van der Waals surface area contributed by atoms with Crippen molar-refractivity contribution in [1.29, 1.82) is 0 Å². The van der Waals surface area contributed by atoms with Gasteiger partial charge in [0.05, 0.1) is 20.4 Å². The van der Waals surface area contributed by atoms with E-state index in [-0.39, 0.29) is 0 Å². The Morgan fingerprint density at radius 2 is 1.96 bits per heavy atom. The van der Waals surface area contributed by atoms with Gasteiger partial charge >= 0.3 is 0 Å². The van der Waals surface area contributed by atoms with Crippen LogP contribution in [0.15, 0.2) is 47.6 Å². The molecule has 25 heavy (non-hydrogen) atoms. The number of aromatic nitrogens is 3. The summed E-state index contributed by atoms with van der Waals surface area (Å²) in [6.07, 6.45) is 1.67. The van der Waals surface area contributed by atoms with E-state index in [1.165, 1.54) is 4.68 Å². The number of aromatic amines is 1. The number of halogens is 1. The van der Waals surface area contributed by atoms with E-state index in [0.29, 0.717) is 27.1 Å². The minimum absolute atomic E-state index is 0.378. The van der Waals surface area contributed by atoms with Gasteiger partial charge in [0.2, 0.25) is 4.77 Å². The third kappa shape index (κ3) is 3.72. The fourth-order valence-corrected chi connectivity index (χ4v) is 2.65. The molecule has 0 radical (unpaired) electrons. The number of H-pyrrole nitrogens is 1. The average Bonchev–Trinajstić information content (AvgIpc) is 3.00. The summed E-state index contributed by atoms with van der Waals surface area (Å²) < 4.78 is 12.5. The Morgan fingerprint density at radius 1 is 1.16 bits per heavy atom. The quantitative estimate of drug-likeness (QED) is 0.538. The Morgan fingerprint density at radius 3 is 2.68 bits per heavy atom. The smallest absolute Gasteiger partial charge is 0.216 e. The lowest BCUT2D eigenvalue weighted by Crippen LogP contribution is -1.96. The van der Waals surface area contributed by atoms with Crippen LogP contribution in [0.5, 0.6) is 11.5 Å². The second kappa shape index (κ2) is 7.50. The van der Waals surface area contributed by atoms with E-state index in [1.54, 1.807) is 32.6 Å². The first-order valence-electron chi connectivity index (χ1n) is 7.32. The number of methoxy groups -OCH3 is 2. The van der Waals surface area contributed by atoms with Crippen LogP contribution >= 0.6 is 23.8 Å². The highest BCUT2D eigenvalue weighted by Crippen LogP contribution is 2.31. The number of nitrogens with zero attached hydrogens (tertiary/aromatic N) is 3. The third-order valence-corrected chi connectivity index (χ3v) is 3.96. The van der Waals surface area contributed by atoms with Crippen LogP contribution in [0, 0.1) is 4.77 Å². The maximum Gasteiger partial charge on any atom is 0.216 e. The zero-order chi connectivity index (χ0) is 17.8. The molecule has 6 nitrogen and oxygen atoms in total. The lowest BCUT2D eigenvalue weighted by atomic mass is 10.2. The molecule has 0 aliphatic carbocycles. The van der Waals surface area contributed by atoms with Crippen molar-refractivity contribution >= 4 is 30.0 Å². The van der Waals surface area contributed by atoms with Crippen LogP contribution in [0.4, 0.5) is 0 Å². The van der Waals surface area contributed by atoms with E-state index in [2.05, 4.69) is 15.3 Å². The molecule has 8 heteroatoms. The molecule has 3 aromatic rings. The molecular weight excluding hydrogens is 360 g/mol. The topological polar surface area (TPSA) is 64.4 Å². The van der Waals surface area contributed by atoms with Crippen molar-refractivity contribution in [2.45, 2.75) is 0 Å². The zero-order valence-electron chi connectivity index (χ0n) is 13.6. The highest BCUT2D eigenvalue weighted by atomic mass is 35.5. The van der Waals surface area contributed by atoms with Crippen molar-refractivity contribution in [2.24, 2.45) is 5.10 Å². The van der Waals surface area contributed by atoms with Crippen LogP contribution in [0.2, 0.25) is 5.02 Å². The minimum Gasteiger partial charge on any atom is -0.493 e. The molecule has 1 aromatic heterocycles. The maximum atomic E-state index is 5.99. The minimum atomic E-state index is 0.378. The van der Waals surface area contributed by atoms with E-state index in [4.69, 9.17) is 33.3 Å². The van der Waals surface area contributed by atoms with Crippen LogP contribution in [0.1, 0.15) is 5.56 Å². The molecule has 1 N–H and O–H groups in total. The largest absolute Gasteiger partial charge is 0.493 e. The summed E-state index contributed by atoms with van der Waals surface area (Å²) in [7, 11) is 3.17. The lowest BCUT2D eigenvalue weighted by Gasteiger charge is -2.09. The van der Waals surface area contributed by atoms with Crippen LogP contribution in [0.3, 0.4) is 0 Å². The van der Waals surface area contributed by atoms with Gasteiger partial charge < -0.3 is 9.47 Å². The molecule has 0 amide bonds. The molecule has 128 valence electrons. The summed E-state index contributed by atoms with van der Waals surface area (Å²) in [6.45, 7) is 0. The Kier molecular flexibility index (Phi) is 5.16. The summed E-state index contributed by atoms with van der Waals surface area (Å²) in [6, 6.07) is 12.8. The highest BCUT2D eigenvalue weighted by Gasteiger charge is 2.12. The van der Waals surface area contributed by atoms with Crippen molar-refractivity contribution in [1.82, 2.24) is 14.9 Å². The van der Waals surface area contributed by atoms with Crippen molar-refractivity contribution < 1.29 is 9.47 Å². The van der Waals surface area contributed by atoms with E-state index in [0.717, 1.165) is 11.1 Å². The predicted octanol–water partition coefficient (Wildman–Crippen LogP) is 4.16. The molecule has 2 aromatic carbocycles. The first-order chi connectivity index (χ1) is 12.1. The van der Waals surface area contributed by atoms with Crippen molar-refractivity contribution in [3.8, 4) is 22.9 Å². The summed E-state index contributed by atoms with van der Waals surface area (Å²) >= 11 is 11.3. The van der Waals surface area contributed by atoms with E-state index < -0.39 is 0 Å². The number of ether oxygens (including phenoxy) is 2. The van der Waals surface area contributed by atoms with Crippen LogP contribution < -0.4 is 9.47 Å². The van der Waals surface area contributed by atoms with Crippen molar-refractivity contribution in [3.05, 3.63) is 57.8 Å². The second-order valence-corrected chi connectivity index (χ2v) is 5.86. The van der Waals surface area contributed by atoms with Crippen molar-refractivity contribution in [3.63, 3.8) is 0 Å². The summed E-state index contributed by atoms with van der Waals surface area (Å²) in [5.74, 6) is 1.79. The van der Waals surface area contributed by atoms with Crippen molar-refractivity contribution in [2.75, 3.05) is 14.2 Å². The molecule has 0 atom stereocenters. The second-order valence-electron chi connectivity index (χ2n) is 5.03. The Labute approximate surface area is 154 Å². The van der Waals surface area contributed by atoms with Gasteiger partial charge in [-0.2, -0.15) is 14.9 Å². The Bertz CT molecular complexity index is 981. The number of rotatable bonds is 5. The fraction of sp³-hybridized carbons (Fsp3) is 0.118. The third-order valence-electron chi connectivity index (χ3n) is 3.46. The molecule has 0 aliphatic rings. The van der Waals surface area contributed by atoms with E-state index >= 15 is 0 Å². The van der Waals surface area contributed by atoms with Gasteiger partial charge in [-0.25, -0.2) is 5.10 Å². The summed E-state index contributed by atoms with van der Waals surface area (Å²) in [5, 5.41) is 12.1. The molecule has 0 saturated heterocycles. The summed E-state index contributed by atoms with van der Waals surface area (Å²) in [4.78, 5) is 0. The zero-order valence-corrected chi connectivity index (χ0v) is 15.1. The van der Waals surface area contributed by atoms with E-state index in [1.807, 2.05) is 30.3 Å².